The molecule has 1 heterocycles. The SMILES string of the molecule is Cc1ccc(CC(=O)Nc2ccc(CN3CCN(C)CC3)cc2)cc1. The predicted molar refractivity (Wildman–Crippen MR) is 103 cm³/mol. The highest BCUT2D eigenvalue weighted by Crippen LogP contribution is 2.13. The van der Waals surface area contributed by atoms with Crippen LogP contribution in [0.15, 0.2) is 48.5 Å². The molecule has 25 heavy (non-hydrogen) atoms. The summed E-state index contributed by atoms with van der Waals surface area (Å²) in [6, 6.07) is 16.3. The zero-order valence-electron chi connectivity index (χ0n) is 15.2. The van der Waals surface area contributed by atoms with Gasteiger partial charge < -0.3 is 10.2 Å². The Hall–Kier alpha value is -2.17. The third-order valence-electron chi connectivity index (χ3n) is 4.73. The van der Waals surface area contributed by atoms with Gasteiger partial charge in [0.05, 0.1) is 6.42 Å². The molecule has 0 aliphatic carbocycles. The summed E-state index contributed by atoms with van der Waals surface area (Å²) in [6.45, 7) is 7.52. The first-order chi connectivity index (χ1) is 12.1. The maximum Gasteiger partial charge on any atom is 0.228 e. The van der Waals surface area contributed by atoms with Crippen LogP contribution in [0, 0.1) is 6.92 Å². The van der Waals surface area contributed by atoms with Gasteiger partial charge in [-0.1, -0.05) is 42.0 Å². The molecule has 1 aliphatic rings. The molecule has 2 aromatic carbocycles. The third-order valence-corrected chi connectivity index (χ3v) is 4.73. The molecule has 2 aromatic rings. The maximum atomic E-state index is 12.2. The number of nitrogens with one attached hydrogen (secondary N) is 1. The standard InChI is InChI=1S/C21H27N3O/c1-17-3-5-18(6-4-17)15-21(25)22-20-9-7-19(8-10-20)16-24-13-11-23(2)12-14-24/h3-10H,11-16H2,1-2H3,(H,22,25). The lowest BCUT2D eigenvalue weighted by molar-refractivity contribution is -0.115. The van der Waals surface area contributed by atoms with Crippen LogP contribution in [0.4, 0.5) is 5.69 Å². The highest BCUT2D eigenvalue weighted by Gasteiger charge is 2.13. The van der Waals surface area contributed by atoms with Crippen LogP contribution < -0.4 is 5.32 Å². The number of benzene rings is 2. The van der Waals surface area contributed by atoms with E-state index in [2.05, 4.69) is 34.3 Å². The van der Waals surface area contributed by atoms with E-state index in [1.807, 2.05) is 43.3 Å². The van der Waals surface area contributed by atoms with Crippen molar-refractivity contribution in [2.45, 2.75) is 19.9 Å². The number of aryl methyl sites for hydroxylation is 1. The maximum absolute atomic E-state index is 12.2. The number of hydrogen-bond donors (Lipinski definition) is 1. The van der Waals surface area contributed by atoms with Gasteiger partial charge in [0.25, 0.3) is 0 Å². The number of anilines is 1. The number of carbonyl (C=O) groups excluding carboxylic acids is 1. The molecule has 0 saturated carbocycles. The van der Waals surface area contributed by atoms with Crippen LogP contribution in [-0.4, -0.2) is 48.9 Å². The Morgan fingerprint density at radius 2 is 1.52 bits per heavy atom. The molecular weight excluding hydrogens is 310 g/mol. The molecule has 1 aliphatic heterocycles. The van der Waals surface area contributed by atoms with E-state index < -0.39 is 0 Å². The van der Waals surface area contributed by atoms with Crippen molar-refractivity contribution < 1.29 is 4.79 Å². The summed E-state index contributed by atoms with van der Waals surface area (Å²) in [5.74, 6) is 0.0238. The van der Waals surface area contributed by atoms with Crippen LogP contribution in [0.5, 0.6) is 0 Å². The predicted octanol–water partition coefficient (Wildman–Crippen LogP) is 2.92. The topological polar surface area (TPSA) is 35.6 Å². The van der Waals surface area contributed by atoms with Crippen molar-refractivity contribution in [3.8, 4) is 0 Å². The van der Waals surface area contributed by atoms with Gasteiger partial charge in [0.15, 0.2) is 0 Å². The number of hydrogen-bond acceptors (Lipinski definition) is 3. The molecule has 1 N–H and O–H groups in total. The average molecular weight is 337 g/mol. The van der Waals surface area contributed by atoms with Gasteiger partial charge in [-0.25, -0.2) is 0 Å². The summed E-state index contributed by atoms with van der Waals surface area (Å²) in [4.78, 5) is 17.0. The van der Waals surface area contributed by atoms with Crippen LogP contribution >= 0.6 is 0 Å². The van der Waals surface area contributed by atoms with Crippen molar-refractivity contribution in [2.24, 2.45) is 0 Å². The first-order valence-electron chi connectivity index (χ1n) is 8.94. The van der Waals surface area contributed by atoms with E-state index in [4.69, 9.17) is 0 Å². The fraction of sp³-hybridized carbons (Fsp3) is 0.381. The van der Waals surface area contributed by atoms with Gasteiger partial charge in [-0.2, -0.15) is 0 Å². The molecule has 0 spiro atoms. The molecule has 1 amide bonds. The molecule has 0 bridgehead atoms. The molecule has 1 saturated heterocycles. The van der Waals surface area contributed by atoms with E-state index in [1.165, 1.54) is 11.1 Å². The highest BCUT2D eigenvalue weighted by molar-refractivity contribution is 5.92. The fourth-order valence-corrected chi connectivity index (χ4v) is 3.05. The van der Waals surface area contributed by atoms with Crippen LogP contribution in [-0.2, 0) is 17.8 Å². The zero-order chi connectivity index (χ0) is 17.6. The second-order valence-electron chi connectivity index (χ2n) is 6.99. The van der Waals surface area contributed by atoms with Crippen LogP contribution in [0.1, 0.15) is 16.7 Å². The van der Waals surface area contributed by atoms with Crippen LogP contribution in [0.2, 0.25) is 0 Å². The van der Waals surface area contributed by atoms with Gasteiger partial charge in [-0.3, -0.25) is 9.69 Å². The van der Waals surface area contributed by atoms with Gasteiger partial charge in [0.2, 0.25) is 5.91 Å². The van der Waals surface area contributed by atoms with Crippen LogP contribution in [0.3, 0.4) is 0 Å². The average Bonchev–Trinajstić information content (AvgIpc) is 2.61. The molecule has 132 valence electrons. The molecular formula is C21H27N3O. The second-order valence-corrected chi connectivity index (χ2v) is 6.99. The Labute approximate surface area is 150 Å². The van der Waals surface area contributed by atoms with Gasteiger partial charge in [0.1, 0.15) is 0 Å². The normalized spacial score (nSPS) is 15.9. The molecule has 1 fully saturated rings. The van der Waals surface area contributed by atoms with Crippen molar-refractivity contribution in [2.75, 3.05) is 38.5 Å². The van der Waals surface area contributed by atoms with Crippen molar-refractivity contribution in [1.82, 2.24) is 9.80 Å². The Bertz CT molecular complexity index is 686. The Balaban J connectivity index is 1.50. The Morgan fingerprint density at radius 3 is 2.16 bits per heavy atom. The van der Waals surface area contributed by atoms with Gasteiger partial charge in [0, 0.05) is 38.4 Å². The smallest absolute Gasteiger partial charge is 0.228 e. The van der Waals surface area contributed by atoms with E-state index in [1.54, 1.807) is 0 Å². The van der Waals surface area contributed by atoms with E-state index in [0.717, 1.165) is 44.0 Å². The van der Waals surface area contributed by atoms with Crippen molar-refractivity contribution in [1.29, 1.82) is 0 Å². The largest absolute Gasteiger partial charge is 0.326 e. The second kappa shape index (κ2) is 8.28. The van der Waals surface area contributed by atoms with E-state index in [0.29, 0.717) is 6.42 Å². The Morgan fingerprint density at radius 1 is 0.920 bits per heavy atom. The fourth-order valence-electron chi connectivity index (χ4n) is 3.05. The summed E-state index contributed by atoms with van der Waals surface area (Å²) >= 11 is 0. The molecule has 3 rings (SSSR count). The van der Waals surface area contributed by atoms with Crippen LogP contribution in [0.25, 0.3) is 0 Å². The van der Waals surface area contributed by atoms with E-state index in [-0.39, 0.29) is 5.91 Å². The zero-order valence-corrected chi connectivity index (χ0v) is 15.2. The number of likely N-dealkylation sites (N-methyl/N-ethyl adjacent to an activating group) is 1. The number of nitrogens with zero attached hydrogens (tertiary/aromatic N) is 2. The lowest BCUT2D eigenvalue weighted by Gasteiger charge is -2.32. The summed E-state index contributed by atoms with van der Waals surface area (Å²) < 4.78 is 0. The molecule has 4 nitrogen and oxygen atoms in total. The molecule has 0 radical (unpaired) electrons. The van der Waals surface area contributed by atoms with Gasteiger partial charge in [-0.15, -0.1) is 0 Å². The summed E-state index contributed by atoms with van der Waals surface area (Å²) in [7, 11) is 2.17. The van der Waals surface area contributed by atoms with Crippen molar-refractivity contribution in [3.63, 3.8) is 0 Å². The minimum Gasteiger partial charge on any atom is -0.326 e. The number of rotatable bonds is 5. The van der Waals surface area contributed by atoms with Crippen molar-refractivity contribution in [3.05, 3.63) is 65.2 Å². The minimum atomic E-state index is 0.0238. The summed E-state index contributed by atoms with van der Waals surface area (Å²) in [6.07, 6.45) is 0.406. The first-order valence-corrected chi connectivity index (χ1v) is 8.94. The number of piperazine rings is 1. The molecule has 0 unspecified atom stereocenters. The monoisotopic (exact) mass is 337 g/mol. The highest BCUT2D eigenvalue weighted by atomic mass is 16.1. The first kappa shape index (κ1) is 17.6. The lowest BCUT2D eigenvalue weighted by atomic mass is 10.1. The number of carbonyl (C=O) groups is 1. The summed E-state index contributed by atoms with van der Waals surface area (Å²) in [5, 5.41) is 2.98. The summed E-state index contributed by atoms with van der Waals surface area (Å²) in [5.41, 5.74) is 4.40. The van der Waals surface area contributed by atoms with Crippen molar-refractivity contribution >= 4 is 11.6 Å². The number of amides is 1. The lowest BCUT2D eigenvalue weighted by Crippen LogP contribution is -2.43. The quantitative estimate of drug-likeness (QED) is 0.911. The Kier molecular flexibility index (Phi) is 5.84. The molecule has 0 atom stereocenters. The van der Waals surface area contributed by atoms with E-state index >= 15 is 0 Å². The minimum absolute atomic E-state index is 0.0238. The van der Waals surface area contributed by atoms with Gasteiger partial charge in [-0.05, 0) is 37.2 Å². The molecule has 4 heteroatoms. The third kappa shape index (κ3) is 5.41. The molecule has 0 aromatic heterocycles. The van der Waals surface area contributed by atoms with E-state index in [9.17, 15) is 4.79 Å². The van der Waals surface area contributed by atoms with Gasteiger partial charge >= 0.3 is 0 Å².